The van der Waals surface area contributed by atoms with Gasteiger partial charge >= 0.3 is 0 Å². The molecule has 29 heavy (non-hydrogen) atoms. The molecule has 1 amide bonds. The number of rotatable bonds is 5. The lowest BCUT2D eigenvalue weighted by molar-refractivity contribution is -0.126. The van der Waals surface area contributed by atoms with Crippen molar-refractivity contribution >= 4 is 47.8 Å². The molecule has 152 valence electrons. The molecule has 0 aromatic heterocycles. The minimum absolute atomic E-state index is 0.0726. The number of nitrogens with one attached hydrogen (secondary N) is 1. The van der Waals surface area contributed by atoms with Crippen LogP contribution in [0.15, 0.2) is 56.3 Å². The van der Waals surface area contributed by atoms with Crippen LogP contribution in [0.1, 0.15) is 24.0 Å². The van der Waals surface area contributed by atoms with E-state index in [0.717, 1.165) is 5.56 Å². The molecule has 9 heteroatoms. The Kier molecular flexibility index (Phi) is 7.11. The van der Waals surface area contributed by atoms with Crippen LogP contribution in [0, 0.1) is 17.2 Å². The highest BCUT2D eigenvalue weighted by Gasteiger charge is 2.32. The number of carbonyl (C=O) groups excluding carboxylic acids is 1. The number of hydrogen-bond acceptors (Lipinski definition) is 4. The molecule has 3 rings (SSSR count). The maximum absolute atomic E-state index is 12.9. The number of nitrogens with zero attached hydrogens (tertiary/aromatic N) is 2. The van der Waals surface area contributed by atoms with E-state index in [1.165, 1.54) is 4.31 Å². The molecule has 0 bridgehead atoms. The van der Waals surface area contributed by atoms with Crippen molar-refractivity contribution in [3.8, 4) is 6.07 Å². The maximum Gasteiger partial charge on any atom is 0.243 e. The van der Waals surface area contributed by atoms with Crippen molar-refractivity contribution in [1.82, 2.24) is 9.62 Å². The number of nitriles is 1. The molecule has 0 saturated carbocycles. The van der Waals surface area contributed by atoms with Crippen molar-refractivity contribution in [3.63, 3.8) is 0 Å². The first-order valence-electron chi connectivity index (χ1n) is 9.02. The Balaban J connectivity index is 1.56. The number of piperidine rings is 1. The molecule has 0 unspecified atom stereocenters. The first-order chi connectivity index (χ1) is 13.8. The average Bonchev–Trinajstić information content (AvgIpc) is 2.71. The summed E-state index contributed by atoms with van der Waals surface area (Å²) in [7, 11) is -3.60. The van der Waals surface area contributed by atoms with Crippen molar-refractivity contribution in [2.24, 2.45) is 5.92 Å². The zero-order valence-electron chi connectivity index (χ0n) is 15.4. The number of sulfonamides is 1. The molecule has 1 N–H and O–H groups in total. The van der Waals surface area contributed by atoms with Crippen molar-refractivity contribution < 1.29 is 13.2 Å². The van der Waals surface area contributed by atoms with Gasteiger partial charge < -0.3 is 5.32 Å². The molecule has 0 spiro atoms. The number of halogens is 2. The van der Waals surface area contributed by atoms with Gasteiger partial charge in [-0.2, -0.15) is 9.57 Å². The largest absolute Gasteiger partial charge is 0.352 e. The van der Waals surface area contributed by atoms with Crippen molar-refractivity contribution in [3.05, 3.63) is 62.5 Å². The SMILES string of the molecule is N#Cc1ccc(CNC(=O)C2CCN(S(=O)(=O)c3cc(Br)cc(Br)c3)CC2)cc1. The van der Waals surface area contributed by atoms with Gasteiger partial charge in [-0.25, -0.2) is 8.42 Å². The average molecular weight is 541 g/mol. The minimum Gasteiger partial charge on any atom is -0.352 e. The van der Waals surface area contributed by atoms with Crippen molar-refractivity contribution in [1.29, 1.82) is 5.26 Å². The summed E-state index contributed by atoms with van der Waals surface area (Å²) in [4.78, 5) is 12.7. The molecule has 1 aliphatic heterocycles. The normalized spacial score (nSPS) is 15.6. The van der Waals surface area contributed by atoms with Gasteiger partial charge in [0.1, 0.15) is 0 Å². The van der Waals surface area contributed by atoms with Crippen LogP contribution in [-0.4, -0.2) is 31.7 Å². The Morgan fingerprint density at radius 1 is 1.10 bits per heavy atom. The maximum atomic E-state index is 12.9. The number of benzene rings is 2. The first-order valence-corrected chi connectivity index (χ1v) is 12.0. The molecule has 6 nitrogen and oxygen atoms in total. The molecule has 1 fully saturated rings. The van der Waals surface area contributed by atoms with Gasteiger partial charge in [-0.05, 0) is 48.7 Å². The van der Waals surface area contributed by atoms with Crippen molar-refractivity contribution in [2.45, 2.75) is 24.3 Å². The van der Waals surface area contributed by atoms with E-state index in [1.807, 2.05) is 12.1 Å². The van der Waals surface area contributed by atoms with Crippen LogP contribution in [0.4, 0.5) is 0 Å². The summed E-state index contributed by atoms with van der Waals surface area (Å²) >= 11 is 6.64. The fourth-order valence-electron chi connectivity index (χ4n) is 3.22. The monoisotopic (exact) mass is 539 g/mol. The van der Waals surface area contributed by atoms with E-state index in [0.29, 0.717) is 47.0 Å². The van der Waals surface area contributed by atoms with Gasteiger partial charge in [0.05, 0.1) is 16.5 Å². The minimum atomic E-state index is -3.60. The van der Waals surface area contributed by atoms with Gasteiger partial charge in [0.2, 0.25) is 15.9 Å². The van der Waals surface area contributed by atoms with E-state index in [9.17, 15) is 13.2 Å². The fraction of sp³-hybridized carbons (Fsp3) is 0.300. The second-order valence-corrected chi connectivity index (χ2v) is 10.6. The molecule has 0 aliphatic carbocycles. The summed E-state index contributed by atoms with van der Waals surface area (Å²) in [5, 5.41) is 11.7. The van der Waals surface area contributed by atoms with Crippen LogP contribution in [0.2, 0.25) is 0 Å². The summed E-state index contributed by atoms with van der Waals surface area (Å²) in [5.74, 6) is -0.286. The first kappa shape index (κ1) is 22.0. The van der Waals surface area contributed by atoms with Crippen LogP contribution in [0.25, 0.3) is 0 Å². The van der Waals surface area contributed by atoms with E-state index < -0.39 is 10.0 Å². The molecular formula is C20H19Br2N3O3S. The Morgan fingerprint density at radius 2 is 1.69 bits per heavy atom. The number of carbonyl (C=O) groups is 1. The Labute approximate surface area is 187 Å². The summed E-state index contributed by atoms with van der Waals surface area (Å²) in [6.07, 6.45) is 0.960. The lowest BCUT2D eigenvalue weighted by atomic mass is 9.97. The van der Waals surface area contributed by atoms with Crippen molar-refractivity contribution in [2.75, 3.05) is 13.1 Å². The Morgan fingerprint density at radius 3 is 2.24 bits per heavy atom. The molecule has 1 aliphatic rings. The molecule has 0 atom stereocenters. The van der Waals surface area contributed by atoms with Crippen LogP contribution >= 0.6 is 31.9 Å². The molecule has 1 heterocycles. The topological polar surface area (TPSA) is 90.3 Å². The lowest BCUT2D eigenvalue weighted by Crippen LogP contribution is -2.42. The zero-order valence-corrected chi connectivity index (χ0v) is 19.4. The van der Waals surface area contributed by atoms with Crippen LogP contribution in [0.3, 0.4) is 0 Å². The van der Waals surface area contributed by atoms with Gasteiger partial charge in [-0.15, -0.1) is 0 Å². The summed E-state index contributed by atoms with van der Waals surface area (Å²) in [6, 6.07) is 14.0. The fourth-order valence-corrected chi connectivity index (χ4v) is 6.35. The van der Waals surface area contributed by atoms with Crippen LogP contribution < -0.4 is 5.32 Å². The quantitative estimate of drug-likeness (QED) is 0.624. The van der Waals surface area contributed by atoms with E-state index in [1.54, 1.807) is 30.3 Å². The third kappa shape index (κ3) is 5.45. The Bertz CT molecular complexity index is 1020. The van der Waals surface area contributed by atoms with Crippen LogP contribution in [0.5, 0.6) is 0 Å². The van der Waals surface area contributed by atoms with Gasteiger partial charge in [0.15, 0.2) is 0 Å². The molecule has 0 radical (unpaired) electrons. The molecular weight excluding hydrogens is 522 g/mol. The van der Waals surface area contributed by atoms with Crippen LogP contribution in [-0.2, 0) is 21.4 Å². The van der Waals surface area contributed by atoms with Gasteiger partial charge in [0, 0.05) is 34.5 Å². The highest BCUT2D eigenvalue weighted by atomic mass is 79.9. The van der Waals surface area contributed by atoms with E-state index >= 15 is 0 Å². The summed E-state index contributed by atoms with van der Waals surface area (Å²) < 4.78 is 28.6. The third-order valence-corrected chi connectivity index (χ3v) is 7.64. The highest BCUT2D eigenvalue weighted by Crippen LogP contribution is 2.28. The molecule has 1 saturated heterocycles. The predicted molar refractivity (Wildman–Crippen MR) is 116 cm³/mol. The summed E-state index contributed by atoms with van der Waals surface area (Å²) in [6.45, 7) is 0.998. The summed E-state index contributed by atoms with van der Waals surface area (Å²) in [5.41, 5.74) is 1.49. The Hall–Kier alpha value is -1.73. The smallest absolute Gasteiger partial charge is 0.243 e. The van der Waals surface area contributed by atoms with E-state index in [2.05, 4.69) is 43.2 Å². The van der Waals surface area contributed by atoms with E-state index in [4.69, 9.17) is 5.26 Å². The second-order valence-electron chi connectivity index (χ2n) is 6.81. The lowest BCUT2D eigenvalue weighted by Gasteiger charge is -2.30. The van der Waals surface area contributed by atoms with Gasteiger partial charge in [0.25, 0.3) is 0 Å². The third-order valence-electron chi connectivity index (χ3n) is 4.85. The number of amides is 1. The second kappa shape index (κ2) is 9.39. The standard InChI is InChI=1S/C20H19Br2N3O3S/c21-17-9-18(22)11-19(10-17)29(27,28)25-7-5-16(6-8-25)20(26)24-13-15-3-1-14(12-23)2-4-15/h1-4,9-11,16H,5-8,13H2,(H,24,26). The zero-order chi connectivity index (χ0) is 21.0. The predicted octanol–water partition coefficient (Wildman–Crippen LogP) is 3.80. The molecule has 2 aromatic rings. The van der Waals surface area contributed by atoms with Gasteiger partial charge in [-0.3, -0.25) is 4.79 Å². The number of hydrogen-bond donors (Lipinski definition) is 1. The van der Waals surface area contributed by atoms with E-state index in [-0.39, 0.29) is 16.7 Å². The molecule has 2 aromatic carbocycles. The highest BCUT2D eigenvalue weighted by molar-refractivity contribution is 9.11. The van der Waals surface area contributed by atoms with Gasteiger partial charge in [-0.1, -0.05) is 44.0 Å².